The fourth-order valence-electron chi connectivity index (χ4n) is 3.37. The van der Waals surface area contributed by atoms with Crippen LogP contribution in [0.1, 0.15) is 69.8 Å². The molecule has 1 fully saturated rings. The maximum atomic E-state index is 12.8. The number of carboxylic acids is 1. The van der Waals surface area contributed by atoms with Crippen molar-refractivity contribution in [3.8, 4) is 11.9 Å². The Kier molecular flexibility index (Phi) is 11.0. The van der Waals surface area contributed by atoms with Crippen molar-refractivity contribution in [3.05, 3.63) is 47.2 Å². The van der Waals surface area contributed by atoms with Crippen molar-refractivity contribution < 1.29 is 19.4 Å². The number of hydrogen-bond donors (Lipinski definition) is 1. The van der Waals surface area contributed by atoms with Crippen molar-refractivity contribution in [3.63, 3.8) is 0 Å². The van der Waals surface area contributed by atoms with Gasteiger partial charge in [0.1, 0.15) is 17.7 Å². The lowest BCUT2D eigenvalue weighted by atomic mass is 9.96. The molecule has 2 heterocycles. The van der Waals surface area contributed by atoms with Gasteiger partial charge < -0.3 is 14.7 Å². The van der Waals surface area contributed by atoms with E-state index in [0.29, 0.717) is 31.0 Å². The number of nitriles is 1. The van der Waals surface area contributed by atoms with E-state index in [0.717, 1.165) is 12.8 Å². The van der Waals surface area contributed by atoms with E-state index >= 15 is 0 Å². The van der Waals surface area contributed by atoms with Gasteiger partial charge in [-0.2, -0.15) is 5.26 Å². The first-order valence-corrected chi connectivity index (χ1v) is 11.0. The Morgan fingerprint density at radius 3 is 2.61 bits per heavy atom. The summed E-state index contributed by atoms with van der Waals surface area (Å²) in [6.07, 6.45) is 9.20. The second kappa shape index (κ2) is 13.2. The van der Waals surface area contributed by atoms with Gasteiger partial charge in [-0.1, -0.05) is 52.8 Å². The summed E-state index contributed by atoms with van der Waals surface area (Å²) in [7, 11) is 0. The molecule has 0 aromatic carbocycles. The first kappa shape index (κ1) is 25.9. The first-order chi connectivity index (χ1) is 15.0. The molecule has 0 radical (unpaired) electrons. The molecular formula is C24H33N3O4. The number of carboxylic acid groups (broad SMARTS) is 1. The topological polar surface area (TPSA) is 104 Å². The SMILES string of the molecule is CC.CC.CC1C=C(C(=O)N2CCC[C@@H](Oc3nccc(C#N)c3C(=O)O)C2)C=CC1. The highest BCUT2D eigenvalue weighted by Crippen LogP contribution is 2.25. The highest BCUT2D eigenvalue weighted by Gasteiger charge is 2.29. The highest BCUT2D eigenvalue weighted by atomic mass is 16.5. The van der Waals surface area contributed by atoms with Gasteiger partial charge in [0.25, 0.3) is 5.91 Å². The second-order valence-electron chi connectivity index (χ2n) is 6.83. The molecule has 2 aliphatic rings. The molecule has 7 heteroatoms. The van der Waals surface area contributed by atoms with E-state index < -0.39 is 5.97 Å². The number of nitrogens with zero attached hydrogens (tertiary/aromatic N) is 3. The third-order valence-corrected chi connectivity index (χ3v) is 4.71. The van der Waals surface area contributed by atoms with Gasteiger partial charge in [0.15, 0.2) is 0 Å². The maximum Gasteiger partial charge on any atom is 0.342 e. The van der Waals surface area contributed by atoms with Crippen molar-refractivity contribution in [1.29, 1.82) is 5.26 Å². The van der Waals surface area contributed by atoms with Crippen molar-refractivity contribution in [2.75, 3.05) is 13.1 Å². The lowest BCUT2D eigenvalue weighted by molar-refractivity contribution is -0.129. The Labute approximate surface area is 185 Å². The molecule has 1 aromatic rings. The zero-order valence-corrected chi connectivity index (χ0v) is 19.1. The number of carbonyl (C=O) groups is 2. The van der Waals surface area contributed by atoms with Crippen LogP contribution >= 0.6 is 0 Å². The smallest absolute Gasteiger partial charge is 0.342 e. The van der Waals surface area contributed by atoms with E-state index in [1.54, 1.807) is 4.90 Å². The number of rotatable bonds is 4. The summed E-state index contributed by atoms with van der Waals surface area (Å²) >= 11 is 0. The normalized spacial score (nSPS) is 19.5. The summed E-state index contributed by atoms with van der Waals surface area (Å²) in [5, 5.41) is 18.5. The average molecular weight is 428 g/mol. The number of hydrogen-bond acceptors (Lipinski definition) is 5. The summed E-state index contributed by atoms with van der Waals surface area (Å²) in [4.78, 5) is 30.0. The number of piperidine rings is 1. The number of pyridine rings is 1. The lowest BCUT2D eigenvalue weighted by Gasteiger charge is -2.33. The molecule has 2 atom stereocenters. The van der Waals surface area contributed by atoms with Crippen LogP contribution in [0.5, 0.6) is 5.88 Å². The summed E-state index contributed by atoms with van der Waals surface area (Å²) in [5.74, 6) is -1.04. The minimum atomic E-state index is -1.26. The number of amides is 1. The number of allylic oxidation sites excluding steroid dienone is 2. The summed E-state index contributed by atoms with van der Waals surface area (Å²) in [6, 6.07) is 3.19. The molecule has 1 aromatic heterocycles. The minimum Gasteiger partial charge on any atom is -0.477 e. The standard InChI is InChI=1S/C20H21N3O4.2C2H6/c1-13-4-2-5-14(10-13)19(24)23-9-3-6-16(12-23)27-18-17(20(25)26)15(11-21)7-8-22-18;2*1-2/h2,5,7-8,10,13,16H,3-4,6,9,12H2,1H3,(H,25,26);2*1-2H3/t13?,16-;;/m1../s1. The zero-order valence-electron chi connectivity index (χ0n) is 19.1. The van der Waals surface area contributed by atoms with Gasteiger partial charge in [0, 0.05) is 18.3 Å². The number of carbonyl (C=O) groups excluding carboxylic acids is 1. The summed E-state index contributed by atoms with van der Waals surface area (Å²) in [5.41, 5.74) is 0.447. The van der Waals surface area contributed by atoms with Crippen LogP contribution in [0.4, 0.5) is 0 Å². The third-order valence-electron chi connectivity index (χ3n) is 4.71. The number of aromatic nitrogens is 1. The third kappa shape index (κ3) is 6.95. The van der Waals surface area contributed by atoms with Crippen molar-refractivity contribution in [1.82, 2.24) is 9.88 Å². The second-order valence-corrected chi connectivity index (χ2v) is 6.83. The molecule has 0 saturated carbocycles. The molecular weight excluding hydrogens is 394 g/mol. The van der Waals surface area contributed by atoms with Gasteiger partial charge in [-0.15, -0.1) is 0 Å². The van der Waals surface area contributed by atoms with E-state index in [1.807, 2.05) is 52.0 Å². The predicted octanol–water partition coefficient (Wildman–Crippen LogP) is 4.60. The van der Waals surface area contributed by atoms with Crippen molar-refractivity contribution in [2.24, 2.45) is 5.92 Å². The maximum absolute atomic E-state index is 12.8. The Balaban J connectivity index is 0.00000113. The van der Waals surface area contributed by atoms with E-state index in [4.69, 9.17) is 10.00 Å². The monoisotopic (exact) mass is 427 g/mol. The van der Waals surface area contributed by atoms with Crippen LogP contribution in [0.3, 0.4) is 0 Å². The predicted molar refractivity (Wildman–Crippen MR) is 120 cm³/mol. The number of likely N-dealkylation sites (tertiary alicyclic amines) is 1. The van der Waals surface area contributed by atoms with E-state index in [-0.39, 0.29) is 29.0 Å². The van der Waals surface area contributed by atoms with Crippen LogP contribution in [0.25, 0.3) is 0 Å². The van der Waals surface area contributed by atoms with Gasteiger partial charge in [0.05, 0.1) is 12.1 Å². The Bertz CT molecular complexity index is 855. The molecule has 1 aliphatic carbocycles. The van der Waals surface area contributed by atoms with Gasteiger partial charge in [-0.25, -0.2) is 9.78 Å². The zero-order chi connectivity index (χ0) is 23.4. The number of aromatic carboxylic acids is 1. The van der Waals surface area contributed by atoms with Crippen LogP contribution < -0.4 is 4.74 Å². The fraction of sp³-hybridized carbons (Fsp3) is 0.500. The van der Waals surface area contributed by atoms with Gasteiger partial charge >= 0.3 is 5.97 Å². The van der Waals surface area contributed by atoms with Crippen molar-refractivity contribution >= 4 is 11.9 Å². The molecule has 1 N–H and O–H groups in total. The first-order valence-electron chi connectivity index (χ1n) is 11.0. The Morgan fingerprint density at radius 2 is 2.00 bits per heavy atom. The molecule has 1 saturated heterocycles. The molecule has 3 rings (SSSR count). The molecule has 1 aliphatic heterocycles. The molecule has 168 valence electrons. The van der Waals surface area contributed by atoms with Crippen LogP contribution in [0.2, 0.25) is 0 Å². The Hall–Kier alpha value is -3.14. The van der Waals surface area contributed by atoms with E-state index in [9.17, 15) is 14.7 Å². The molecule has 0 spiro atoms. The van der Waals surface area contributed by atoms with Gasteiger partial charge in [0.2, 0.25) is 5.88 Å². The molecule has 0 bridgehead atoms. The number of ether oxygens (including phenoxy) is 1. The van der Waals surface area contributed by atoms with Crippen molar-refractivity contribution in [2.45, 2.75) is 60.0 Å². The van der Waals surface area contributed by atoms with Gasteiger partial charge in [-0.05, 0) is 31.2 Å². The van der Waals surface area contributed by atoms with Crippen LogP contribution in [-0.2, 0) is 4.79 Å². The molecule has 7 nitrogen and oxygen atoms in total. The van der Waals surface area contributed by atoms with Gasteiger partial charge in [-0.3, -0.25) is 4.79 Å². The highest BCUT2D eigenvalue weighted by molar-refractivity contribution is 5.96. The van der Waals surface area contributed by atoms with Crippen LogP contribution in [-0.4, -0.2) is 46.1 Å². The van der Waals surface area contributed by atoms with Crippen LogP contribution in [0, 0.1) is 17.2 Å². The van der Waals surface area contributed by atoms with E-state index in [1.165, 1.54) is 12.3 Å². The lowest BCUT2D eigenvalue weighted by Crippen LogP contribution is -2.45. The summed E-state index contributed by atoms with van der Waals surface area (Å²) < 4.78 is 5.80. The fourth-order valence-corrected chi connectivity index (χ4v) is 3.37. The van der Waals surface area contributed by atoms with Crippen LogP contribution in [0.15, 0.2) is 36.1 Å². The molecule has 1 amide bonds. The molecule has 1 unspecified atom stereocenters. The summed E-state index contributed by atoms with van der Waals surface area (Å²) in [6.45, 7) is 11.1. The Morgan fingerprint density at radius 1 is 1.29 bits per heavy atom. The average Bonchev–Trinajstić information content (AvgIpc) is 2.81. The van der Waals surface area contributed by atoms with E-state index in [2.05, 4.69) is 11.9 Å². The molecule has 31 heavy (non-hydrogen) atoms. The largest absolute Gasteiger partial charge is 0.477 e. The quantitative estimate of drug-likeness (QED) is 0.753. The minimum absolute atomic E-state index is 0.00253.